The van der Waals surface area contributed by atoms with E-state index in [1.807, 2.05) is 47.9 Å². The average Bonchev–Trinajstić information content (AvgIpc) is 2.90. The summed E-state index contributed by atoms with van der Waals surface area (Å²) in [6, 6.07) is 11.4. The van der Waals surface area contributed by atoms with Crippen LogP contribution in [0.5, 0.6) is 0 Å². The van der Waals surface area contributed by atoms with Crippen LogP contribution in [0.15, 0.2) is 42.6 Å². The van der Waals surface area contributed by atoms with E-state index in [0.29, 0.717) is 16.6 Å². The molecule has 0 radical (unpaired) electrons. The van der Waals surface area contributed by atoms with Crippen LogP contribution in [0.2, 0.25) is 10.0 Å². The van der Waals surface area contributed by atoms with Crippen LogP contribution in [0.3, 0.4) is 0 Å². The van der Waals surface area contributed by atoms with Crippen molar-refractivity contribution in [1.29, 1.82) is 0 Å². The Morgan fingerprint density at radius 3 is 2.86 bits per heavy atom. The first kappa shape index (κ1) is 14.3. The van der Waals surface area contributed by atoms with E-state index in [0.717, 1.165) is 17.0 Å². The summed E-state index contributed by atoms with van der Waals surface area (Å²) in [5.74, 6) is 0.871. The number of fused-ring (bicyclic) bond motifs is 1. The van der Waals surface area contributed by atoms with Gasteiger partial charge in [-0.25, -0.2) is 0 Å². The molecule has 1 unspecified atom stereocenters. The third kappa shape index (κ3) is 3.02. The highest BCUT2D eigenvalue weighted by molar-refractivity contribution is 6.35. The molecule has 6 heteroatoms. The lowest BCUT2D eigenvalue weighted by molar-refractivity contribution is 0.541. The van der Waals surface area contributed by atoms with Crippen molar-refractivity contribution in [2.45, 2.75) is 19.5 Å². The first-order valence-electron chi connectivity index (χ1n) is 6.62. The molecule has 0 aliphatic carbocycles. The van der Waals surface area contributed by atoms with Crippen molar-refractivity contribution in [2.75, 3.05) is 0 Å². The maximum absolute atomic E-state index is 6.18. The van der Waals surface area contributed by atoms with E-state index in [1.54, 1.807) is 6.07 Å². The van der Waals surface area contributed by atoms with Gasteiger partial charge < -0.3 is 5.32 Å². The fraction of sp³-hybridized carbons (Fsp3) is 0.200. The molecule has 0 saturated heterocycles. The maximum Gasteiger partial charge on any atom is 0.160 e. The van der Waals surface area contributed by atoms with Crippen molar-refractivity contribution in [3.63, 3.8) is 0 Å². The number of hydrogen-bond donors (Lipinski definition) is 1. The zero-order valence-electron chi connectivity index (χ0n) is 11.4. The lowest BCUT2D eigenvalue weighted by atomic mass is 10.2. The van der Waals surface area contributed by atoms with Gasteiger partial charge in [-0.15, -0.1) is 10.2 Å². The zero-order chi connectivity index (χ0) is 14.8. The quantitative estimate of drug-likeness (QED) is 0.793. The molecule has 21 heavy (non-hydrogen) atoms. The van der Waals surface area contributed by atoms with Gasteiger partial charge in [0.2, 0.25) is 0 Å². The van der Waals surface area contributed by atoms with E-state index < -0.39 is 0 Å². The smallest absolute Gasteiger partial charge is 0.160 e. The van der Waals surface area contributed by atoms with E-state index in [1.165, 1.54) is 0 Å². The molecule has 1 N–H and O–H groups in total. The molecule has 0 aliphatic rings. The highest BCUT2D eigenvalue weighted by Gasteiger charge is 2.13. The fourth-order valence-corrected chi connectivity index (χ4v) is 2.65. The van der Waals surface area contributed by atoms with Crippen LogP contribution < -0.4 is 5.32 Å². The minimum atomic E-state index is 0.0501. The summed E-state index contributed by atoms with van der Waals surface area (Å²) in [5, 5.41) is 13.1. The Balaban J connectivity index is 1.76. The topological polar surface area (TPSA) is 42.2 Å². The molecule has 0 spiro atoms. The van der Waals surface area contributed by atoms with E-state index >= 15 is 0 Å². The SMILES string of the molecule is CC(NCc1ccc(Cl)cc1Cl)c1nnc2ccccn12. The summed E-state index contributed by atoms with van der Waals surface area (Å²) in [6.07, 6.45) is 1.96. The molecule has 3 rings (SSSR count). The second-order valence-electron chi connectivity index (χ2n) is 4.83. The first-order chi connectivity index (χ1) is 10.1. The monoisotopic (exact) mass is 320 g/mol. The lowest BCUT2D eigenvalue weighted by Crippen LogP contribution is -2.20. The molecule has 3 aromatic rings. The number of hydrogen-bond acceptors (Lipinski definition) is 3. The van der Waals surface area contributed by atoms with E-state index in [4.69, 9.17) is 23.2 Å². The van der Waals surface area contributed by atoms with Gasteiger partial charge in [0, 0.05) is 22.8 Å². The molecule has 1 atom stereocenters. The van der Waals surface area contributed by atoms with Crippen LogP contribution in [0.4, 0.5) is 0 Å². The Morgan fingerprint density at radius 1 is 1.19 bits per heavy atom. The van der Waals surface area contributed by atoms with Gasteiger partial charge in [0.05, 0.1) is 6.04 Å². The largest absolute Gasteiger partial charge is 0.303 e. The molecule has 1 aromatic carbocycles. The molecule has 4 nitrogen and oxygen atoms in total. The second kappa shape index (κ2) is 6.02. The maximum atomic E-state index is 6.18. The highest BCUT2D eigenvalue weighted by atomic mass is 35.5. The summed E-state index contributed by atoms with van der Waals surface area (Å²) in [4.78, 5) is 0. The summed E-state index contributed by atoms with van der Waals surface area (Å²) in [5.41, 5.74) is 1.84. The lowest BCUT2D eigenvalue weighted by Gasteiger charge is -2.13. The number of pyridine rings is 1. The van der Waals surface area contributed by atoms with Crippen molar-refractivity contribution in [3.05, 3.63) is 64.0 Å². The molecule has 0 amide bonds. The molecule has 0 bridgehead atoms. The van der Waals surface area contributed by atoms with Gasteiger partial charge in [-0.2, -0.15) is 0 Å². The average molecular weight is 321 g/mol. The normalized spacial score (nSPS) is 12.7. The molecular weight excluding hydrogens is 307 g/mol. The van der Waals surface area contributed by atoms with Gasteiger partial charge in [-0.05, 0) is 36.8 Å². The number of nitrogens with one attached hydrogen (secondary N) is 1. The third-order valence-electron chi connectivity index (χ3n) is 3.34. The van der Waals surface area contributed by atoms with Crippen LogP contribution in [0.25, 0.3) is 5.65 Å². The molecule has 0 saturated carbocycles. The second-order valence-corrected chi connectivity index (χ2v) is 5.67. The Kier molecular flexibility index (Phi) is 4.10. The minimum Gasteiger partial charge on any atom is -0.303 e. The minimum absolute atomic E-state index is 0.0501. The van der Waals surface area contributed by atoms with Gasteiger partial charge in [-0.3, -0.25) is 4.40 Å². The molecule has 0 fully saturated rings. The third-order valence-corrected chi connectivity index (χ3v) is 3.93. The number of benzene rings is 1. The number of rotatable bonds is 4. The van der Waals surface area contributed by atoms with Crippen LogP contribution in [0.1, 0.15) is 24.4 Å². The summed E-state index contributed by atoms with van der Waals surface area (Å²) < 4.78 is 1.97. The van der Waals surface area contributed by atoms with Crippen molar-refractivity contribution >= 4 is 28.8 Å². The van der Waals surface area contributed by atoms with Gasteiger partial charge >= 0.3 is 0 Å². The van der Waals surface area contributed by atoms with Crippen molar-refractivity contribution in [3.8, 4) is 0 Å². The van der Waals surface area contributed by atoms with E-state index in [-0.39, 0.29) is 6.04 Å². The van der Waals surface area contributed by atoms with Crippen LogP contribution >= 0.6 is 23.2 Å². The van der Waals surface area contributed by atoms with E-state index in [2.05, 4.69) is 15.5 Å². The Hall–Kier alpha value is -1.62. The van der Waals surface area contributed by atoms with Crippen LogP contribution in [-0.2, 0) is 6.54 Å². The number of nitrogens with zero attached hydrogens (tertiary/aromatic N) is 3. The van der Waals surface area contributed by atoms with Gasteiger partial charge in [0.15, 0.2) is 11.5 Å². The molecule has 0 aliphatic heterocycles. The van der Waals surface area contributed by atoms with Crippen LogP contribution in [0, 0.1) is 0 Å². The molecule has 2 aromatic heterocycles. The van der Waals surface area contributed by atoms with Crippen molar-refractivity contribution < 1.29 is 0 Å². The summed E-state index contributed by atoms with van der Waals surface area (Å²) in [7, 11) is 0. The summed E-state index contributed by atoms with van der Waals surface area (Å²) in [6.45, 7) is 2.69. The van der Waals surface area contributed by atoms with Gasteiger partial charge in [0.1, 0.15) is 0 Å². The first-order valence-corrected chi connectivity index (χ1v) is 7.38. The Labute approximate surface area is 132 Å². The standard InChI is InChI=1S/C15H14Cl2N4/c1-10(15-20-19-14-4-2-3-7-21(14)15)18-9-11-5-6-12(16)8-13(11)17/h2-8,10,18H,9H2,1H3. The van der Waals surface area contributed by atoms with E-state index in [9.17, 15) is 0 Å². The van der Waals surface area contributed by atoms with Crippen molar-refractivity contribution in [1.82, 2.24) is 19.9 Å². The van der Waals surface area contributed by atoms with Crippen LogP contribution in [-0.4, -0.2) is 14.6 Å². The fourth-order valence-electron chi connectivity index (χ4n) is 2.17. The number of halogens is 2. The number of aromatic nitrogens is 3. The predicted molar refractivity (Wildman–Crippen MR) is 84.7 cm³/mol. The summed E-state index contributed by atoms with van der Waals surface area (Å²) >= 11 is 12.1. The molecule has 108 valence electrons. The Morgan fingerprint density at radius 2 is 2.05 bits per heavy atom. The van der Waals surface area contributed by atoms with Crippen molar-refractivity contribution in [2.24, 2.45) is 0 Å². The predicted octanol–water partition coefficient (Wildman–Crippen LogP) is 3.89. The zero-order valence-corrected chi connectivity index (χ0v) is 12.9. The van der Waals surface area contributed by atoms with Gasteiger partial charge in [0.25, 0.3) is 0 Å². The molecule has 2 heterocycles. The highest BCUT2D eigenvalue weighted by Crippen LogP contribution is 2.21. The van der Waals surface area contributed by atoms with Gasteiger partial charge in [-0.1, -0.05) is 35.3 Å². The molecular formula is C15H14Cl2N4. The Bertz CT molecular complexity index is 769.